The van der Waals surface area contributed by atoms with Crippen LogP contribution in [0.1, 0.15) is 5.56 Å². The fourth-order valence-electron chi connectivity index (χ4n) is 1.22. The summed E-state index contributed by atoms with van der Waals surface area (Å²) in [6, 6.07) is 6.85. The van der Waals surface area contributed by atoms with Crippen LogP contribution < -0.4 is 4.72 Å². The second kappa shape index (κ2) is 5.76. The van der Waals surface area contributed by atoms with Crippen LogP contribution in [0, 0.1) is 0 Å². The number of benzene rings is 1. The number of aliphatic hydroxyl groups excluding tert-OH is 1. The minimum Gasteiger partial charge on any atom is -0.480 e. The predicted octanol–water partition coefficient (Wildman–Crippen LogP) is -0.448. The Kier molecular flexibility index (Phi) is 4.62. The summed E-state index contributed by atoms with van der Waals surface area (Å²) < 4.78 is 25.1. The molecule has 0 aromatic heterocycles. The van der Waals surface area contributed by atoms with Crippen molar-refractivity contribution in [3.8, 4) is 0 Å². The third-order valence-corrected chi connectivity index (χ3v) is 3.36. The van der Waals surface area contributed by atoms with Crippen LogP contribution in [0.15, 0.2) is 30.3 Å². The van der Waals surface area contributed by atoms with Crippen molar-refractivity contribution in [3.05, 3.63) is 35.9 Å². The van der Waals surface area contributed by atoms with E-state index >= 15 is 0 Å². The normalized spacial score (nSPS) is 13.2. The molecule has 17 heavy (non-hydrogen) atoms. The van der Waals surface area contributed by atoms with Gasteiger partial charge in [0.25, 0.3) is 0 Å². The summed E-state index contributed by atoms with van der Waals surface area (Å²) in [5.74, 6) is -1.73. The zero-order valence-electron chi connectivity index (χ0n) is 8.91. The fourth-order valence-corrected chi connectivity index (χ4v) is 2.54. The van der Waals surface area contributed by atoms with Crippen LogP contribution in [-0.4, -0.2) is 37.2 Å². The molecule has 0 heterocycles. The lowest BCUT2D eigenvalue weighted by molar-refractivity contribution is -0.139. The molecular formula is C10H13NO5S. The van der Waals surface area contributed by atoms with Gasteiger partial charge in [0, 0.05) is 0 Å². The number of carbonyl (C=O) groups is 1. The van der Waals surface area contributed by atoms with E-state index in [1.807, 2.05) is 4.72 Å². The van der Waals surface area contributed by atoms with Gasteiger partial charge in [-0.25, -0.2) is 8.42 Å². The maximum atomic E-state index is 11.6. The van der Waals surface area contributed by atoms with E-state index in [0.29, 0.717) is 5.56 Å². The summed E-state index contributed by atoms with van der Waals surface area (Å²) in [7, 11) is -3.78. The maximum Gasteiger partial charge on any atom is 0.324 e. The molecule has 0 aliphatic heterocycles. The lowest BCUT2D eigenvalue weighted by Gasteiger charge is -2.12. The van der Waals surface area contributed by atoms with Crippen LogP contribution in [0.5, 0.6) is 0 Å². The highest BCUT2D eigenvalue weighted by Crippen LogP contribution is 2.04. The molecule has 1 aromatic carbocycles. The first-order valence-corrected chi connectivity index (χ1v) is 6.47. The second-order valence-electron chi connectivity index (χ2n) is 3.44. The van der Waals surface area contributed by atoms with Crippen LogP contribution >= 0.6 is 0 Å². The molecule has 0 aliphatic rings. The van der Waals surface area contributed by atoms with Crippen molar-refractivity contribution in [3.63, 3.8) is 0 Å². The molecule has 0 fully saturated rings. The minimum absolute atomic E-state index is 0.322. The number of carboxylic acid groups (broad SMARTS) is 1. The number of aliphatic carboxylic acids is 1. The zero-order valence-corrected chi connectivity index (χ0v) is 9.72. The van der Waals surface area contributed by atoms with Gasteiger partial charge in [0.1, 0.15) is 6.04 Å². The lowest BCUT2D eigenvalue weighted by atomic mass is 10.2. The average Bonchev–Trinajstić information content (AvgIpc) is 2.26. The molecule has 3 N–H and O–H groups in total. The van der Waals surface area contributed by atoms with E-state index in [1.54, 1.807) is 30.3 Å². The second-order valence-corrected chi connectivity index (χ2v) is 5.19. The van der Waals surface area contributed by atoms with Crippen molar-refractivity contribution >= 4 is 16.0 Å². The minimum atomic E-state index is -3.78. The van der Waals surface area contributed by atoms with E-state index < -0.39 is 28.6 Å². The van der Waals surface area contributed by atoms with Gasteiger partial charge in [-0.2, -0.15) is 4.72 Å². The van der Waals surface area contributed by atoms with Crippen molar-refractivity contribution < 1.29 is 23.4 Å². The predicted molar refractivity (Wildman–Crippen MR) is 60.7 cm³/mol. The first kappa shape index (κ1) is 13.6. The molecule has 6 nitrogen and oxygen atoms in total. The van der Waals surface area contributed by atoms with E-state index in [9.17, 15) is 13.2 Å². The van der Waals surface area contributed by atoms with Crippen molar-refractivity contribution in [2.45, 2.75) is 11.8 Å². The van der Waals surface area contributed by atoms with Gasteiger partial charge < -0.3 is 10.2 Å². The third-order valence-electron chi connectivity index (χ3n) is 2.00. The highest BCUT2D eigenvalue weighted by molar-refractivity contribution is 7.88. The molecule has 0 bridgehead atoms. The van der Waals surface area contributed by atoms with E-state index in [4.69, 9.17) is 10.2 Å². The van der Waals surface area contributed by atoms with Crippen LogP contribution in [0.4, 0.5) is 0 Å². The highest BCUT2D eigenvalue weighted by Gasteiger charge is 2.23. The van der Waals surface area contributed by atoms with Crippen molar-refractivity contribution in [2.75, 3.05) is 6.61 Å². The first-order valence-electron chi connectivity index (χ1n) is 4.82. The van der Waals surface area contributed by atoms with Crippen molar-refractivity contribution in [2.24, 2.45) is 0 Å². The van der Waals surface area contributed by atoms with Gasteiger partial charge in [0.05, 0.1) is 12.4 Å². The van der Waals surface area contributed by atoms with Crippen LogP contribution in [0.25, 0.3) is 0 Å². The highest BCUT2D eigenvalue weighted by atomic mass is 32.2. The third kappa shape index (κ3) is 4.51. The maximum absolute atomic E-state index is 11.6. The summed E-state index contributed by atoms with van der Waals surface area (Å²) >= 11 is 0. The first-order chi connectivity index (χ1) is 7.94. The average molecular weight is 259 g/mol. The van der Waals surface area contributed by atoms with Gasteiger partial charge in [0.15, 0.2) is 0 Å². The van der Waals surface area contributed by atoms with Crippen molar-refractivity contribution in [1.29, 1.82) is 0 Å². The monoisotopic (exact) mass is 259 g/mol. The molecule has 1 atom stereocenters. The van der Waals surface area contributed by atoms with Gasteiger partial charge >= 0.3 is 5.97 Å². The number of carboxylic acids is 1. The Hall–Kier alpha value is -1.44. The fraction of sp³-hybridized carbons (Fsp3) is 0.300. The number of nitrogens with one attached hydrogen (secondary N) is 1. The Bertz CT molecular complexity index is 471. The van der Waals surface area contributed by atoms with E-state index in [2.05, 4.69) is 0 Å². The summed E-state index contributed by atoms with van der Waals surface area (Å²) in [6.45, 7) is -0.788. The van der Waals surface area contributed by atoms with Gasteiger partial charge in [-0.05, 0) is 5.56 Å². The standard InChI is InChI=1S/C10H13NO5S/c12-6-9(10(13)14)11-17(15,16)7-8-4-2-1-3-5-8/h1-5,9,11-12H,6-7H2,(H,13,14)/t9-/m1/s1. The van der Waals surface area contributed by atoms with Gasteiger partial charge in [0.2, 0.25) is 10.0 Å². The summed E-state index contributed by atoms with van der Waals surface area (Å²) in [5.41, 5.74) is 0.544. The molecule has 7 heteroatoms. The SMILES string of the molecule is O=C(O)[C@@H](CO)NS(=O)(=O)Cc1ccccc1. The van der Waals surface area contributed by atoms with Gasteiger partial charge in [-0.15, -0.1) is 0 Å². The smallest absolute Gasteiger partial charge is 0.324 e. The van der Waals surface area contributed by atoms with Crippen LogP contribution in [0.3, 0.4) is 0 Å². The van der Waals surface area contributed by atoms with E-state index in [1.165, 1.54) is 0 Å². The molecule has 0 amide bonds. The van der Waals surface area contributed by atoms with E-state index in [0.717, 1.165) is 0 Å². The van der Waals surface area contributed by atoms with Crippen molar-refractivity contribution in [1.82, 2.24) is 4.72 Å². The number of rotatable bonds is 6. The number of hydrogen-bond donors (Lipinski definition) is 3. The molecule has 0 spiro atoms. The van der Waals surface area contributed by atoms with Gasteiger partial charge in [-0.3, -0.25) is 4.79 Å². The Balaban J connectivity index is 2.73. The van der Waals surface area contributed by atoms with Crippen LogP contribution in [0.2, 0.25) is 0 Å². The Morgan fingerprint density at radius 3 is 2.35 bits per heavy atom. The Morgan fingerprint density at radius 2 is 1.88 bits per heavy atom. The summed E-state index contributed by atoms with van der Waals surface area (Å²) in [5, 5.41) is 17.3. The Morgan fingerprint density at radius 1 is 1.29 bits per heavy atom. The summed E-state index contributed by atoms with van der Waals surface area (Å²) in [6.07, 6.45) is 0. The Labute approximate surface area is 99.0 Å². The number of hydrogen-bond acceptors (Lipinski definition) is 4. The van der Waals surface area contributed by atoms with Crippen LogP contribution in [-0.2, 0) is 20.6 Å². The summed E-state index contributed by atoms with van der Waals surface area (Å²) in [4.78, 5) is 10.6. The zero-order chi connectivity index (χ0) is 12.9. The molecule has 1 rings (SSSR count). The lowest BCUT2D eigenvalue weighted by Crippen LogP contribution is -2.43. The molecule has 0 unspecified atom stereocenters. The molecule has 94 valence electrons. The molecule has 1 aromatic rings. The molecule has 0 aliphatic carbocycles. The number of sulfonamides is 1. The molecular weight excluding hydrogens is 246 g/mol. The largest absolute Gasteiger partial charge is 0.480 e. The molecule has 0 radical (unpaired) electrons. The molecule has 0 saturated carbocycles. The van der Waals surface area contributed by atoms with E-state index in [-0.39, 0.29) is 5.75 Å². The topological polar surface area (TPSA) is 104 Å². The van der Waals surface area contributed by atoms with Gasteiger partial charge in [-0.1, -0.05) is 30.3 Å². The molecule has 0 saturated heterocycles. The quantitative estimate of drug-likeness (QED) is 0.642. The number of aliphatic hydroxyl groups is 1.